The van der Waals surface area contributed by atoms with Crippen LogP contribution >= 0.6 is 0 Å². The molecular weight excluding hydrogens is 304 g/mol. The Hall–Kier alpha value is -2.87. The molecule has 1 aromatic carbocycles. The zero-order valence-corrected chi connectivity index (χ0v) is 9.93. The van der Waals surface area contributed by atoms with E-state index in [1.807, 2.05) is 0 Å². The number of hydrogen-bond acceptors (Lipinski definition) is 9. The summed E-state index contributed by atoms with van der Waals surface area (Å²) in [6, 6.07) is 0.0792. The van der Waals surface area contributed by atoms with Gasteiger partial charge in [-0.05, 0) is 0 Å². The van der Waals surface area contributed by atoms with Gasteiger partial charge in [-0.3, -0.25) is 34.9 Å². The molecule has 14 heteroatoms. The molecule has 0 saturated heterocycles. The quantitative estimate of drug-likeness (QED) is 0.334. The Kier molecular flexibility index (Phi) is 3.54. The summed E-state index contributed by atoms with van der Waals surface area (Å²) in [5.74, 6) is 0. The SMILES string of the molecule is Nc1c(S(=O)(=O)O)cc([N+](=O)[O-])c([N+](=O)[O-])c1[N+](=O)[O-]. The molecular formula is C6H4N4O9S. The number of nitrogen functional groups attached to an aromatic ring is 1. The monoisotopic (exact) mass is 308 g/mol. The lowest BCUT2D eigenvalue weighted by atomic mass is 10.2. The lowest BCUT2D eigenvalue weighted by Gasteiger charge is -2.04. The number of nitro groups is 3. The van der Waals surface area contributed by atoms with E-state index in [0.29, 0.717) is 0 Å². The van der Waals surface area contributed by atoms with Gasteiger partial charge in [0, 0.05) is 6.07 Å². The van der Waals surface area contributed by atoms with E-state index in [0.717, 1.165) is 0 Å². The molecule has 0 atom stereocenters. The highest BCUT2D eigenvalue weighted by Gasteiger charge is 2.42. The molecule has 0 radical (unpaired) electrons. The predicted molar refractivity (Wildman–Crippen MR) is 60.6 cm³/mol. The Balaban J connectivity index is 4.07. The fraction of sp³-hybridized carbons (Fsp3) is 0. The number of nitrogens with two attached hydrogens (primary N) is 1. The van der Waals surface area contributed by atoms with Crippen LogP contribution < -0.4 is 5.73 Å². The molecule has 0 bridgehead atoms. The number of anilines is 1. The average Bonchev–Trinajstić information content (AvgIpc) is 2.25. The van der Waals surface area contributed by atoms with Crippen molar-refractivity contribution < 1.29 is 27.7 Å². The summed E-state index contributed by atoms with van der Waals surface area (Å²) < 4.78 is 30.7. The molecule has 0 saturated carbocycles. The van der Waals surface area contributed by atoms with E-state index in [1.54, 1.807) is 0 Å². The predicted octanol–water partition coefficient (Wildman–Crippen LogP) is 0.240. The number of hydrogen-bond donors (Lipinski definition) is 2. The van der Waals surface area contributed by atoms with Gasteiger partial charge in [-0.15, -0.1) is 0 Å². The molecule has 0 spiro atoms. The van der Waals surface area contributed by atoms with Crippen LogP contribution in [0.25, 0.3) is 0 Å². The Bertz CT molecular complexity index is 739. The van der Waals surface area contributed by atoms with Crippen LogP contribution in [0, 0.1) is 30.3 Å². The van der Waals surface area contributed by atoms with Gasteiger partial charge in [-0.2, -0.15) is 8.42 Å². The Morgan fingerprint density at radius 2 is 1.45 bits per heavy atom. The lowest BCUT2D eigenvalue weighted by Crippen LogP contribution is -2.10. The first-order valence-corrected chi connectivity index (χ1v) is 5.79. The van der Waals surface area contributed by atoms with Crippen LogP contribution in [-0.2, 0) is 10.1 Å². The van der Waals surface area contributed by atoms with Crippen LogP contribution in [0.1, 0.15) is 0 Å². The van der Waals surface area contributed by atoms with Gasteiger partial charge in [-0.25, -0.2) is 0 Å². The molecule has 0 aliphatic heterocycles. The summed E-state index contributed by atoms with van der Waals surface area (Å²) in [6.45, 7) is 0. The number of rotatable bonds is 4. The summed E-state index contributed by atoms with van der Waals surface area (Å²) in [5, 5.41) is 32.1. The van der Waals surface area contributed by atoms with E-state index in [1.165, 1.54) is 0 Å². The molecule has 108 valence electrons. The molecule has 0 amide bonds. The summed E-state index contributed by atoms with van der Waals surface area (Å²) in [6.07, 6.45) is 0. The van der Waals surface area contributed by atoms with Crippen LogP contribution in [0.3, 0.4) is 0 Å². The number of nitrogens with zero attached hydrogens (tertiary/aromatic N) is 3. The van der Waals surface area contributed by atoms with Crippen LogP contribution in [0.5, 0.6) is 0 Å². The minimum Gasteiger partial charge on any atom is -0.392 e. The van der Waals surface area contributed by atoms with Gasteiger partial charge in [-0.1, -0.05) is 0 Å². The Labute approximate surface area is 108 Å². The van der Waals surface area contributed by atoms with Crippen molar-refractivity contribution in [2.75, 3.05) is 5.73 Å². The topological polar surface area (TPSA) is 210 Å². The minimum absolute atomic E-state index is 0.0792. The van der Waals surface area contributed by atoms with Crippen LogP contribution in [0.4, 0.5) is 22.7 Å². The first kappa shape index (κ1) is 15.2. The molecule has 0 fully saturated rings. The molecule has 20 heavy (non-hydrogen) atoms. The van der Waals surface area contributed by atoms with Crippen molar-refractivity contribution in [3.8, 4) is 0 Å². The minimum atomic E-state index is -5.14. The van der Waals surface area contributed by atoms with Gasteiger partial charge in [0.25, 0.3) is 10.1 Å². The Morgan fingerprint density at radius 1 is 1.00 bits per heavy atom. The normalized spacial score (nSPS) is 11.1. The molecule has 0 heterocycles. The zero-order chi connectivity index (χ0) is 15.8. The molecule has 1 aromatic rings. The van der Waals surface area contributed by atoms with Crippen molar-refractivity contribution in [1.82, 2.24) is 0 Å². The van der Waals surface area contributed by atoms with E-state index in [-0.39, 0.29) is 6.07 Å². The van der Waals surface area contributed by atoms with Crippen molar-refractivity contribution in [3.05, 3.63) is 36.4 Å². The van der Waals surface area contributed by atoms with E-state index in [4.69, 9.17) is 10.3 Å². The van der Waals surface area contributed by atoms with Gasteiger partial charge >= 0.3 is 17.1 Å². The highest BCUT2D eigenvalue weighted by Crippen LogP contribution is 2.43. The standard InChI is InChI=1S/C6H4N4O9S/c7-4-3(20(17,18)19)1-2(8(11)12)5(9(13)14)6(4)10(15)16/h1H,7H2,(H,17,18,19). The highest BCUT2D eigenvalue weighted by atomic mass is 32.2. The summed E-state index contributed by atoms with van der Waals surface area (Å²) in [7, 11) is -5.14. The summed E-state index contributed by atoms with van der Waals surface area (Å²) >= 11 is 0. The van der Waals surface area contributed by atoms with Crippen LogP contribution in [-0.4, -0.2) is 27.7 Å². The van der Waals surface area contributed by atoms with Crippen LogP contribution in [0.2, 0.25) is 0 Å². The smallest absolute Gasteiger partial charge is 0.392 e. The van der Waals surface area contributed by atoms with Crippen molar-refractivity contribution in [2.45, 2.75) is 4.90 Å². The second-order valence-electron chi connectivity index (χ2n) is 3.25. The van der Waals surface area contributed by atoms with Crippen molar-refractivity contribution in [1.29, 1.82) is 0 Å². The largest absolute Gasteiger partial charge is 0.424 e. The van der Waals surface area contributed by atoms with Crippen molar-refractivity contribution in [3.63, 3.8) is 0 Å². The summed E-state index contributed by atoms with van der Waals surface area (Å²) in [4.78, 5) is 26.4. The highest BCUT2D eigenvalue weighted by molar-refractivity contribution is 7.86. The van der Waals surface area contributed by atoms with Crippen molar-refractivity contribution >= 4 is 32.9 Å². The maximum Gasteiger partial charge on any atom is 0.424 e. The van der Waals surface area contributed by atoms with Crippen molar-refractivity contribution in [2.24, 2.45) is 0 Å². The third-order valence-corrected chi connectivity index (χ3v) is 2.99. The average molecular weight is 308 g/mol. The summed E-state index contributed by atoms with van der Waals surface area (Å²) in [5.41, 5.74) is -0.846. The molecule has 1 rings (SSSR count). The third kappa shape index (κ3) is 2.45. The molecule has 0 aliphatic rings. The van der Waals surface area contributed by atoms with Gasteiger partial charge in [0.15, 0.2) is 0 Å². The third-order valence-electron chi connectivity index (χ3n) is 2.10. The second-order valence-corrected chi connectivity index (χ2v) is 4.64. The molecule has 0 aromatic heterocycles. The fourth-order valence-corrected chi connectivity index (χ4v) is 1.99. The molecule has 3 N–H and O–H groups in total. The molecule has 0 unspecified atom stereocenters. The first-order valence-electron chi connectivity index (χ1n) is 4.35. The molecule has 13 nitrogen and oxygen atoms in total. The van der Waals surface area contributed by atoms with Gasteiger partial charge in [0.2, 0.25) is 0 Å². The maximum atomic E-state index is 10.9. The number of nitro benzene ring substituents is 3. The first-order chi connectivity index (χ1) is 8.98. The van der Waals surface area contributed by atoms with E-state index in [2.05, 4.69) is 0 Å². The maximum absolute atomic E-state index is 10.9. The van der Waals surface area contributed by atoms with Crippen LogP contribution in [0.15, 0.2) is 11.0 Å². The van der Waals surface area contributed by atoms with E-state index < -0.39 is 52.5 Å². The van der Waals surface area contributed by atoms with Gasteiger partial charge < -0.3 is 5.73 Å². The Morgan fingerprint density at radius 3 is 1.75 bits per heavy atom. The molecule has 0 aliphatic carbocycles. The van der Waals surface area contributed by atoms with E-state index in [9.17, 15) is 38.8 Å². The zero-order valence-electron chi connectivity index (χ0n) is 9.12. The lowest BCUT2D eigenvalue weighted by molar-refractivity contribution is -0.440. The number of benzene rings is 1. The second kappa shape index (κ2) is 4.67. The van der Waals surface area contributed by atoms with E-state index >= 15 is 0 Å². The van der Waals surface area contributed by atoms with Gasteiger partial charge in [0.05, 0.1) is 14.8 Å². The fourth-order valence-electron chi connectivity index (χ4n) is 1.35. The van der Waals surface area contributed by atoms with Gasteiger partial charge in [0.1, 0.15) is 10.6 Å².